The van der Waals surface area contributed by atoms with Gasteiger partial charge in [-0.05, 0) is 133 Å². The van der Waals surface area contributed by atoms with Gasteiger partial charge in [0.05, 0.1) is 21.8 Å². The maximum atomic E-state index is 14.2. The van der Waals surface area contributed by atoms with Gasteiger partial charge >= 0.3 is 29.8 Å². The maximum absolute atomic E-state index is 14.2. The van der Waals surface area contributed by atoms with Gasteiger partial charge in [-0.25, -0.2) is 0 Å². The molecule has 0 radical (unpaired) electrons. The Labute approximate surface area is 666 Å². The number of carboxylic acid groups (broad SMARTS) is 5. The molecule has 7 atom stereocenters. The summed E-state index contributed by atoms with van der Waals surface area (Å²) in [5.41, 5.74) is 2.90. The van der Waals surface area contributed by atoms with Crippen molar-refractivity contribution in [2.75, 3.05) is 51.3 Å². The van der Waals surface area contributed by atoms with Crippen LogP contribution in [0.1, 0.15) is 169 Å². The second-order valence-electron chi connectivity index (χ2n) is 29.3. The van der Waals surface area contributed by atoms with Gasteiger partial charge in [0.1, 0.15) is 55.4 Å². The van der Waals surface area contributed by atoms with E-state index < -0.39 is 227 Å². The van der Waals surface area contributed by atoms with Gasteiger partial charge in [-0.1, -0.05) is 64.5 Å². The third kappa shape index (κ3) is 28.6. The minimum Gasteiger partial charge on any atom is -0.481 e. The van der Waals surface area contributed by atoms with E-state index in [1.807, 2.05) is 76.2 Å². The van der Waals surface area contributed by atoms with Crippen molar-refractivity contribution in [3.63, 3.8) is 0 Å². The standard InChI is InChI=1S/C76H105N11O26S2/c1-9-85-56-30-23-46(114(107,108)109)42-48(56)75(4,5)59(85)20-14-11-10-12-15-21-60-76(6,7)49-43-47(115(110,111)112)24-31-57(49)86(60)38-17-13-16-22-61(88)79-51(26-33-64(92)93)70(102)81-53(28-35-66(96)97)72(104)83-54(29-36-67(98)99)73(105)82-52(27-34-65(94)95)71(103)80-50(25-32-63(90)91)69(101)78-37-40-113-44-62(89)87-39-18-19-58(87)74(106)84-55(41-45(2)3)68(100)77-8/h10-12,14-15,20-21,23-24,30-31,42-43,45,50-55,58H,9,13,16-19,22,25-29,32-41,44H2,1-8H3,(H14-,77,78,79,80,81,82,83,84,88,90,91,92,93,94,95,96,97,98,99,100,101,102,103,104,105,106,107,108,109,110,111,112)/p+1/t50-,51-,52-,53-,54-,55+,58+/m1/s1. The summed E-state index contributed by atoms with van der Waals surface area (Å²) in [5, 5.41) is 67.2. The Morgan fingerprint density at radius 1 is 0.565 bits per heavy atom. The third-order valence-electron chi connectivity index (χ3n) is 19.5. The fourth-order valence-corrected chi connectivity index (χ4v) is 14.6. The van der Waals surface area contributed by atoms with E-state index in [-0.39, 0.29) is 48.2 Å². The number of likely N-dealkylation sites (tertiary alicyclic amines) is 1. The molecule has 0 saturated carbocycles. The van der Waals surface area contributed by atoms with Crippen LogP contribution in [0.4, 0.5) is 11.4 Å². The lowest BCUT2D eigenvalue weighted by Gasteiger charge is -2.27. The van der Waals surface area contributed by atoms with E-state index in [0.717, 1.165) is 22.7 Å². The van der Waals surface area contributed by atoms with Crippen molar-refractivity contribution in [2.45, 2.75) is 221 Å². The molecule has 15 N–H and O–H groups in total. The molecule has 3 heterocycles. The number of anilines is 1. The van der Waals surface area contributed by atoms with Crippen molar-refractivity contribution in [2.24, 2.45) is 5.92 Å². The molecule has 0 spiro atoms. The number of carbonyl (C=O) groups excluding carboxylic acids is 9. The number of rotatable bonds is 48. The first-order valence-electron chi connectivity index (χ1n) is 37.6. The summed E-state index contributed by atoms with van der Waals surface area (Å²) in [4.78, 5) is 185. The molecule has 1 fully saturated rings. The van der Waals surface area contributed by atoms with E-state index in [9.17, 15) is 119 Å². The molecule has 0 aliphatic carbocycles. The molecule has 632 valence electrons. The van der Waals surface area contributed by atoms with Crippen molar-refractivity contribution in [3.05, 3.63) is 95.8 Å². The molecule has 5 rings (SSSR count). The first-order valence-corrected chi connectivity index (χ1v) is 40.5. The van der Waals surface area contributed by atoms with Crippen LogP contribution in [0.15, 0.2) is 94.4 Å². The van der Waals surface area contributed by atoms with Crippen molar-refractivity contribution in [1.29, 1.82) is 0 Å². The number of ether oxygens (including phenoxy) is 1. The Bertz CT molecular complexity index is 4360. The first kappa shape index (κ1) is 94.8. The molecule has 9 amide bonds. The Morgan fingerprint density at radius 2 is 1.03 bits per heavy atom. The van der Waals surface area contributed by atoms with Crippen molar-refractivity contribution in [3.8, 4) is 0 Å². The number of carboxylic acids is 5. The highest BCUT2D eigenvalue weighted by Gasteiger charge is 2.46. The minimum absolute atomic E-state index is 0.0501. The summed E-state index contributed by atoms with van der Waals surface area (Å²) >= 11 is 0. The number of unbranched alkanes of at least 4 members (excludes halogenated alkanes) is 2. The normalized spacial score (nSPS) is 16.9. The lowest BCUT2D eigenvalue weighted by molar-refractivity contribution is -0.433. The number of benzene rings is 2. The zero-order chi connectivity index (χ0) is 85.9. The van der Waals surface area contributed by atoms with Gasteiger partial charge < -0.3 is 82.6 Å². The number of nitrogens with one attached hydrogen (secondary N) is 8. The predicted octanol–water partition coefficient (Wildman–Crippen LogP) is 2.64. The first-order chi connectivity index (χ1) is 53.9. The number of hydrogen-bond acceptors (Lipinski definition) is 20. The highest BCUT2D eigenvalue weighted by molar-refractivity contribution is 7.86. The van der Waals surface area contributed by atoms with E-state index >= 15 is 0 Å². The SMILES string of the molecule is CC[N+]1=C(/C=C/C=C/C=C/C=C2/N(CCCCCC(=O)N[C@H](CCC(=O)O)C(=O)N[C@H](CCC(=O)O)C(=O)N[C@H](CCC(=O)O)C(=O)N[C@H](CCC(=O)O)C(=O)N[C@H](CCC(=O)O)C(=O)NCCOCC(=O)N3CCC[C@H]3C(=O)N[C@@H](CC(C)C)C(=O)NC)c3ccc(S(=O)(=O)O)cc3C2(C)C)C(C)(C)c2cc(S(=O)(=O)O)ccc21. The van der Waals surface area contributed by atoms with E-state index in [2.05, 4.69) is 42.5 Å². The monoisotopic (exact) mass is 1650 g/mol. The Kier molecular flexibility index (Phi) is 36.0. The second-order valence-corrected chi connectivity index (χ2v) is 32.1. The fraction of sp³-hybridized carbons (Fsp3) is 0.539. The average molecular weight is 1650 g/mol. The number of amides is 9. The number of likely N-dealkylation sites (N-methyl/N-ethyl adjacent to an activating group) is 1. The van der Waals surface area contributed by atoms with Crippen LogP contribution < -0.4 is 47.4 Å². The Hall–Kier alpha value is -10.8. The summed E-state index contributed by atoms with van der Waals surface area (Å²) in [7, 11) is -7.64. The van der Waals surface area contributed by atoms with Crippen LogP contribution >= 0.6 is 0 Å². The molecule has 2 aromatic carbocycles. The molecule has 3 aliphatic rings. The molecular weight excluding hydrogens is 1550 g/mol. The number of aliphatic carboxylic acids is 5. The molecule has 2 aromatic rings. The minimum atomic E-state index is -4.62. The van der Waals surface area contributed by atoms with Crippen molar-refractivity contribution in [1.82, 2.24) is 47.4 Å². The topological polar surface area (TPSA) is 564 Å². The summed E-state index contributed by atoms with van der Waals surface area (Å²) < 4.78 is 75.9. The van der Waals surface area contributed by atoms with Gasteiger partial charge in [-0.2, -0.15) is 21.4 Å². The van der Waals surface area contributed by atoms with Crippen molar-refractivity contribution < 1.29 is 128 Å². The van der Waals surface area contributed by atoms with Crippen LogP contribution in [0.2, 0.25) is 0 Å². The summed E-state index contributed by atoms with van der Waals surface area (Å²) in [6, 6.07) is -2.22. The lowest BCUT2D eigenvalue weighted by Crippen LogP contribution is -2.59. The largest absolute Gasteiger partial charge is 0.481 e. The highest BCUT2D eigenvalue weighted by atomic mass is 32.2. The van der Waals surface area contributed by atoms with Gasteiger partial charge in [-0.3, -0.25) is 76.2 Å². The maximum Gasteiger partial charge on any atom is 0.303 e. The van der Waals surface area contributed by atoms with Crippen LogP contribution in [-0.4, -0.2) is 238 Å². The van der Waals surface area contributed by atoms with Crippen LogP contribution in [0.25, 0.3) is 0 Å². The smallest absolute Gasteiger partial charge is 0.303 e. The van der Waals surface area contributed by atoms with E-state index in [0.29, 0.717) is 56.4 Å². The zero-order valence-corrected chi connectivity index (χ0v) is 67.1. The summed E-state index contributed by atoms with van der Waals surface area (Å²) in [6.45, 7) is 13.2. The average Bonchev–Trinajstić information content (AvgIpc) is 1.59. The van der Waals surface area contributed by atoms with Gasteiger partial charge in [-0.15, -0.1) is 0 Å². The van der Waals surface area contributed by atoms with Gasteiger partial charge in [0.2, 0.25) is 58.9 Å². The van der Waals surface area contributed by atoms with E-state index in [4.69, 9.17) is 4.74 Å². The van der Waals surface area contributed by atoms with Crippen molar-refractivity contribution >= 4 is 120 Å². The summed E-state index contributed by atoms with van der Waals surface area (Å²) in [6.07, 6.45) is 7.23. The number of allylic oxidation sites excluding steroid dienone is 8. The van der Waals surface area contributed by atoms with Crippen LogP contribution in [0, 0.1) is 5.92 Å². The molecule has 115 heavy (non-hydrogen) atoms. The summed E-state index contributed by atoms with van der Waals surface area (Å²) in [5.74, 6) is -15.7. The van der Waals surface area contributed by atoms with Gasteiger partial charge in [0.15, 0.2) is 5.71 Å². The van der Waals surface area contributed by atoms with Gasteiger partial charge in [0.25, 0.3) is 20.2 Å². The van der Waals surface area contributed by atoms with Crippen LogP contribution in [-0.2, 0) is 103 Å². The molecule has 37 nitrogen and oxygen atoms in total. The molecule has 39 heteroatoms. The molecular formula is C76H106N11O26S2+. The molecule has 0 bridgehead atoms. The Morgan fingerprint density at radius 3 is 1.51 bits per heavy atom. The second kappa shape index (κ2) is 43.6. The van der Waals surface area contributed by atoms with Gasteiger partial charge in [0, 0.05) is 99.7 Å². The number of hydrogen-bond donors (Lipinski definition) is 15. The number of carbonyl (C=O) groups is 14. The Balaban J connectivity index is 1.24. The third-order valence-corrected chi connectivity index (χ3v) is 21.2. The number of fused-ring (bicyclic) bond motifs is 2. The van der Waals surface area contributed by atoms with E-state index in [1.165, 1.54) is 36.2 Å². The predicted molar refractivity (Wildman–Crippen MR) is 413 cm³/mol. The fourth-order valence-electron chi connectivity index (χ4n) is 13.6. The van der Waals surface area contributed by atoms with Crippen LogP contribution in [0.5, 0.6) is 0 Å². The number of nitrogens with zero attached hydrogens (tertiary/aromatic N) is 3. The highest BCUT2D eigenvalue weighted by Crippen LogP contribution is 2.49. The quantitative estimate of drug-likeness (QED) is 0.0196. The zero-order valence-electron chi connectivity index (χ0n) is 65.4. The lowest BCUT2D eigenvalue weighted by atomic mass is 9.81. The van der Waals surface area contributed by atoms with Crippen LogP contribution in [0.3, 0.4) is 0 Å². The van der Waals surface area contributed by atoms with E-state index in [1.54, 1.807) is 36.4 Å². The molecule has 1 saturated heterocycles. The molecule has 0 aromatic heterocycles. The molecule has 0 unspecified atom stereocenters. The molecule has 3 aliphatic heterocycles.